The van der Waals surface area contributed by atoms with Crippen molar-refractivity contribution < 1.29 is 9.15 Å². The van der Waals surface area contributed by atoms with Gasteiger partial charge in [-0.2, -0.15) is 5.10 Å². The Kier molecular flexibility index (Phi) is 3.03. The second-order valence-corrected chi connectivity index (χ2v) is 3.82. The van der Waals surface area contributed by atoms with Gasteiger partial charge in [-0.05, 0) is 12.1 Å². The molecule has 7 heteroatoms. The van der Waals surface area contributed by atoms with Crippen molar-refractivity contribution in [3.8, 4) is 0 Å². The van der Waals surface area contributed by atoms with Gasteiger partial charge in [-0.3, -0.25) is 5.10 Å². The molecule has 3 aromatic heterocycles. The molecule has 0 unspecified atom stereocenters. The van der Waals surface area contributed by atoms with Crippen LogP contribution in [0.25, 0.3) is 11.0 Å². The molecule has 0 atom stereocenters. The number of methoxy groups -OCH3 is 1. The first-order chi connectivity index (χ1) is 9.36. The van der Waals surface area contributed by atoms with Crippen molar-refractivity contribution in [1.29, 1.82) is 0 Å². The van der Waals surface area contributed by atoms with Gasteiger partial charge >= 0.3 is 0 Å². The Bertz CT molecular complexity index is 716. The zero-order chi connectivity index (χ0) is 13.1. The molecular formula is C12H11N5O2. The lowest BCUT2D eigenvalue weighted by atomic mass is 10.4. The van der Waals surface area contributed by atoms with Crippen LogP contribution in [0.3, 0.4) is 0 Å². The molecule has 3 rings (SSSR count). The Hall–Kier alpha value is -2.54. The molecule has 0 radical (unpaired) electrons. The van der Waals surface area contributed by atoms with Gasteiger partial charge in [0.05, 0.1) is 17.8 Å². The number of nitrogens with one attached hydrogen (secondary N) is 1. The van der Waals surface area contributed by atoms with Crippen LogP contribution in [0.1, 0.15) is 11.5 Å². The molecule has 3 aromatic rings. The molecule has 3 heterocycles. The Morgan fingerprint density at radius 2 is 2.37 bits per heavy atom. The number of H-pyrrole nitrogens is 1. The quantitative estimate of drug-likeness (QED) is 0.720. The maximum absolute atomic E-state index is 5.50. The van der Waals surface area contributed by atoms with Crippen molar-refractivity contribution in [3.63, 3.8) is 0 Å². The van der Waals surface area contributed by atoms with Crippen LogP contribution in [0.2, 0.25) is 0 Å². The zero-order valence-electron chi connectivity index (χ0n) is 10.2. The zero-order valence-corrected chi connectivity index (χ0v) is 10.2. The van der Waals surface area contributed by atoms with Gasteiger partial charge in [0.25, 0.3) is 0 Å². The highest BCUT2D eigenvalue weighted by Crippen LogP contribution is 2.19. The van der Waals surface area contributed by atoms with E-state index in [1.165, 1.54) is 6.33 Å². The fourth-order valence-corrected chi connectivity index (χ4v) is 1.66. The molecule has 0 saturated heterocycles. The standard InChI is InChI=1S/C12H11N5O2/c1-18-6-9-3-2-8(19-9)4-13-11-10-5-16-17-12(10)15-7-14-11/h2-5,7H,6H2,1H3,(H,14,15,16,17). The number of aromatic amines is 1. The number of aliphatic imine (C=N–C) groups is 1. The SMILES string of the molecule is COCc1ccc(C=Nc2ncnc3[nH]ncc23)o1. The molecule has 19 heavy (non-hydrogen) atoms. The number of rotatable bonds is 4. The molecule has 1 N–H and O–H groups in total. The Balaban J connectivity index is 1.87. The number of hydrogen-bond donors (Lipinski definition) is 1. The minimum absolute atomic E-state index is 0.438. The predicted molar refractivity (Wildman–Crippen MR) is 68.4 cm³/mol. The highest BCUT2D eigenvalue weighted by Gasteiger charge is 2.04. The van der Waals surface area contributed by atoms with Crippen molar-refractivity contribution in [2.75, 3.05) is 7.11 Å². The second-order valence-electron chi connectivity index (χ2n) is 3.82. The molecule has 0 fully saturated rings. The number of nitrogens with zero attached hydrogens (tertiary/aromatic N) is 4. The lowest BCUT2D eigenvalue weighted by Crippen LogP contribution is -1.83. The van der Waals surface area contributed by atoms with Crippen molar-refractivity contribution in [1.82, 2.24) is 20.2 Å². The van der Waals surface area contributed by atoms with Crippen molar-refractivity contribution in [2.45, 2.75) is 6.61 Å². The van der Waals surface area contributed by atoms with Crippen molar-refractivity contribution in [2.24, 2.45) is 4.99 Å². The summed E-state index contributed by atoms with van der Waals surface area (Å²) >= 11 is 0. The first kappa shape index (κ1) is 11.5. The molecule has 7 nitrogen and oxygen atoms in total. The van der Waals surface area contributed by atoms with E-state index < -0.39 is 0 Å². The molecule has 0 aliphatic heterocycles. The number of hydrogen-bond acceptors (Lipinski definition) is 6. The van der Waals surface area contributed by atoms with Crippen LogP contribution in [0.15, 0.2) is 34.1 Å². The summed E-state index contributed by atoms with van der Waals surface area (Å²) in [5, 5.41) is 7.43. The molecule has 96 valence electrons. The highest BCUT2D eigenvalue weighted by molar-refractivity contribution is 5.88. The fourth-order valence-electron chi connectivity index (χ4n) is 1.66. The van der Waals surface area contributed by atoms with Gasteiger partial charge < -0.3 is 9.15 Å². The van der Waals surface area contributed by atoms with Gasteiger partial charge in [0, 0.05) is 7.11 Å². The van der Waals surface area contributed by atoms with E-state index >= 15 is 0 Å². The second kappa shape index (κ2) is 4.99. The average molecular weight is 257 g/mol. The Labute approximate surface area is 108 Å². The number of ether oxygens (including phenoxy) is 1. The third-order valence-corrected chi connectivity index (χ3v) is 2.51. The van der Waals surface area contributed by atoms with Crippen molar-refractivity contribution in [3.05, 3.63) is 36.2 Å². The third-order valence-electron chi connectivity index (χ3n) is 2.51. The minimum atomic E-state index is 0.438. The Morgan fingerprint density at radius 3 is 3.26 bits per heavy atom. The van der Waals surface area contributed by atoms with Gasteiger partial charge in [0.15, 0.2) is 11.5 Å². The Morgan fingerprint density at radius 1 is 1.42 bits per heavy atom. The van der Waals surface area contributed by atoms with E-state index in [9.17, 15) is 0 Å². The molecule has 0 spiro atoms. The lowest BCUT2D eigenvalue weighted by Gasteiger charge is -1.93. The van der Waals surface area contributed by atoms with Gasteiger partial charge in [-0.15, -0.1) is 0 Å². The third kappa shape index (κ3) is 2.36. The summed E-state index contributed by atoms with van der Waals surface area (Å²) < 4.78 is 10.5. The van der Waals surface area contributed by atoms with E-state index in [0.29, 0.717) is 23.8 Å². The summed E-state index contributed by atoms with van der Waals surface area (Å²) in [6.45, 7) is 0.438. The highest BCUT2D eigenvalue weighted by atomic mass is 16.5. The van der Waals surface area contributed by atoms with Gasteiger partial charge in [-0.25, -0.2) is 15.0 Å². The summed E-state index contributed by atoms with van der Waals surface area (Å²) in [6.07, 6.45) is 4.68. The minimum Gasteiger partial charge on any atom is -0.458 e. The lowest BCUT2D eigenvalue weighted by molar-refractivity contribution is 0.164. The fraction of sp³-hybridized carbons (Fsp3) is 0.167. The van der Waals surface area contributed by atoms with E-state index in [4.69, 9.17) is 9.15 Å². The van der Waals surface area contributed by atoms with E-state index in [1.54, 1.807) is 19.5 Å². The molecule has 0 bridgehead atoms. The van der Waals surface area contributed by atoms with Crippen LogP contribution < -0.4 is 0 Å². The van der Waals surface area contributed by atoms with E-state index in [0.717, 1.165) is 11.1 Å². The molecule has 0 aliphatic rings. The largest absolute Gasteiger partial charge is 0.458 e. The monoisotopic (exact) mass is 257 g/mol. The van der Waals surface area contributed by atoms with Crippen molar-refractivity contribution >= 4 is 23.1 Å². The summed E-state index contributed by atoms with van der Waals surface area (Å²) in [6, 6.07) is 3.67. The van der Waals surface area contributed by atoms with E-state index in [1.807, 2.05) is 12.1 Å². The molecule has 0 aliphatic carbocycles. The summed E-state index contributed by atoms with van der Waals surface area (Å²) in [5.41, 5.74) is 0.654. The molecular weight excluding hydrogens is 246 g/mol. The first-order valence-corrected chi connectivity index (χ1v) is 5.62. The van der Waals surface area contributed by atoms with Crippen LogP contribution >= 0.6 is 0 Å². The van der Waals surface area contributed by atoms with Crippen LogP contribution in [0.4, 0.5) is 5.82 Å². The molecule has 0 aromatic carbocycles. The van der Waals surface area contributed by atoms with Crippen LogP contribution in [0, 0.1) is 0 Å². The van der Waals surface area contributed by atoms with Gasteiger partial charge in [0.1, 0.15) is 24.5 Å². The first-order valence-electron chi connectivity index (χ1n) is 5.62. The number of fused-ring (bicyclic) bond motifs is 1. The van der Waals surface area contributed by atoms with E-state index in [-0.39, 0.29) is 0 Å². The summed E-state index contributed by atoms with van der Waals surface area (Å²) in [4.78, 5) is 12.4. The normalized spacial score (nSPS) is 11.6. The maximum atomic E-state index is 5.50. The topological polar surface area (TPSA) is 89.2 Å². The predicted octanol–water partition coefficient (Wildman–Crippen LogP) is 1.84. The van der Waals surface area contributed by atoms with Gasteiger partial charge in [0.2, 0.25) is 0 Å². The average Bonchev–Trinajstić information content (AvgIpc) is 3.05. The smallest absolute Gasteiger partial charge is 0.166 e. The molecule has 0 amide bonds. The van der Waals surface area contributed by atoms with Crippen LogP contribution in [-0.2, 0) is 11.3 Å². The summed E-state index contributed by atoms with van der Waals surface area (Å²) in [5.74, 6) is 1.94. The molecule has 0 saturated carbocycles. The van der Waals surface area contributed by atoms with Crippen LogP contribution in [0.5, 0.6) is 0 Å². The summed E-state index contributed by atoms with van der Waals surface area (Å²) in [7, 11) is 1.62. The maximum Gasteiger partial charge on any atom is 0.166 e. The number of aromatic nitrogens is 4. The van der Waals surface area contributed by atoms with Crippen LogP contribution in [-0.4, -0.2) is 33.5 Å². The van der Waals surface area contributed by atoms with E-state index in [2.05, 4.69) is 25.2 Å². The number of furan rings is 1. The van der Waals surface area contributed by atoms with Gasteiger partial charge in [-0.1, -0.05) is 0 Å².